The number of aromatic nitrogens is 2. The summed E-state index contributed by atoms with van der Waals surface area (Å²) >= 11 is 0. The molecule has 0 saturated carbocycles. The Labute approximate surface area is 233 Å². The van der Waals surface area contributed by atoms with Gasteiger partial charge in [-0.1, -0.05) is 56.3 Å². The van der Waals surface area contributed by atoms with Crippen LogP contribution in [0.4, 0.5) is 26.3 Å². The monoisotopic (exact) mass is 562 g/mol. The smallest absolute Gasteiger partial charge is 0.256 e. The molecule has 0 radical (unpaired) electrons. The van der Waals surface area contributed by atoms with Crippen LogP contribution in [0.25, 0.3) is 33.6 Å². The number of hydrogen-bond acceptors (Lipinski definition) is 2. The molecule has 2 aromatic heterocycles. The maximum Gasteiger partial charge on any atom is 0.416 e. The number of nitrogens with zero attached hydrogens (tertiary/aromatic N) is 2. The van der Waals surface area contributed by atoms with Crippen LogP contribution in [0.5, 0.6) is 0 Å². The van der Waals surface area contributed by atoms with E-state index in [4.69, 9.17) is 4.98 Å². The van der Waals surface area contributed by atoms with Gasteiger partial charge in [0.2, 0.25) is 0 Å². The second-order valence-electron chi connectivity index (χ2n) is 10.2. The van der Waals surface area contributed by atoms with Gasteiger partial charge in [-0.15, -0.1) is 0 Å². The molecule has 0 unspecified atom stereocenters. The topological polar surface area (TPSA) is 25.8 Å². The number of pyridine rings is 2. The summed E-state index contributed by atoms with van der Waals surface area (Å²) in [4.78, 5) is 9.15. The lowest BCUT2D eigenvalue weighted by atomic mass is 9.80. The number of benzene rings is 3. The van der Waals surface area contributed by atoms with Crippen molar-refractivity contribution in [3.05, 3.63) is 132 Å². The number of rotatable bonds is 5. The molecule has 0 amide bonds. The Morgan fingerprint density at radius 2 is 1.07 bits per heavy atom. The molecule has 0 saturated heterocycles. The standard InChI is InChI=1S/C33H24F6N2/c1-31(2,25-10-6-9-22(18-25)28-12-3-4-15-40-28)30-14-7-13-29(41-30)24-16-23(19-27(20-24)33(37,38)39)21-8-5-11-26(17-21)32(34,35)36/h3-20H,1-2H3. The summed E-state index contributed by atoms with van der Waals surface area (Å²) in [5, 5.41) is 0. The van der Waals surface area contributed by atoms with Gasteiger partial charge in [-0.2, -0.15) is 26.3 Å². The molecule has 2 nitrogen and oxygen atoms in total. The second-order valence-corrected chi connectivity index (χ2v) is 10.2. The Bertz CT molecular complexity index is 1690. The highest BCUT2D eigenvalue weighted by molar-refractivity contribution is 5.73. The Morgan fingerprint density at radius 1 is 0.488 bits per heavy atom. The molecule has 0 aliphatic rings. The number of halogens is 6. The Balaban J connectivity index is 1.59. The van der Waals surface area contributed by atoms with E-state index >= 15 is 0 Å². The zero-order chi connectivity index (χ0) is 29.4. The fourth-order valence-corrected chi connectivity index (χ4v) is 4.67. The first-order chi connectivity index (χ1) is 19.3. The van der Waals surface area contributed by atoms with Crippen molar-refractivity contribution in [2.24, 2.45) is 0 Å². The van der Waals surface area contributed by atoms with Crippen LogP contribution in [0.2, 0.25) is 0 Å². The van der Waals surface area contributed by atoms with Crippen LogP contribution in [0.1, 0.15) is 36.2 Å². The Morgan fingerprint density at radius 3 is 1.76 bits per heavy atom. The van der Waals surface area contributed by atoms with Crippen LogP contribution in [-0.4, -0.2) is 9.97 Å². The lowest BCUT2D eigenvalue weighted by Crippen LogP contribution is -2.21. The summed E-state index contributed by atoms with van der Waals surface area (Å²) in [6, 6.07) is 26.1. The molecular weight excluding hydrogens is 538 g/mol. The largest absolute Gasteiger partial charge is 0.416 e. The highest BCUT2D eigenvalue weighted by Gasteiger charge is 2.33. The minimum absolute atomic E-state index is 0.00968. The molecule has 0 aliphatic heterocycles. The van der Waals surface area contributed by atoms with Gasteiger partial charge in [0.15, 0.2) is 0 Å². The number of hydrogen-bond donors (Lipinski definition) is 0. The maximum absolute atomic E-state index is 13.9. The van der Waals surface area contributed by atoms with Gasteiger partial charge in [-0.05, 0) is 77.4 Å². The van der Waals surface area contributed by atoms with Gasteiger partial charge >= 0.3 is 12.4 Å². The first kappa shape index (κ1) is 28.1. The summed E-state index contributed by atoms with van der Waals surface area (Å²) in [7, 11) is 0. The van der Waals surface area contributed by atoms with Gasteiger partial charge in [0.25, 0.3) is 0 Å². The van der Waals surface area contributed by atoms with E-state index in [9.17, 15) is 26.3 Å². The molecule has 0 spiro atoms. The molecular formula is C33H24F6N2. The van der Waals surface area contributed by atoms with Crippen LogP contribution >= 0.6 is 0 Å². The molecule has 0 bridgehead atoms. The molecule has 3 aromatic carbocycles. The van der Waals surface area contributed by atoms with E-state index in [1.165, 1.54) is 18.2 Å². The van der Waals surface area contributed by atoms with E-state index in [1.807, 2.05) is 56.3 Å². The molecule has 0 aliphatic carbocycles. The van der Waals surface area contributed by atoms with Gasteiger partial charge in [-0.3, -0.25) is 9.97 Å². The van der Waals surface area contributed by atoms with Crippen LogP contribution in [-0.2, 0) is 17.8 Å². The summed E-state index contributed by atoms with van der Waals surface area (Å²) < 4.78 is 81.7. The van der Waals surface area contributed by atoms with Crippen LogP contribution in [0, 0.1) is 0 Å². The Kier molecular flexibility index (Phi) is 7.19. The summed E-state index contributed by atoms with van der Waals surface area (Å²) in [5.41, 5.74) is 1.17. The van der Waals surface area contributed by atoms with Crippen molar-refractivity contribution in [2.45, 2.75) is 31.6 Å². The third-order valence-electron chi connectivity index (χ3n) is 7.01. The van der Waals surface area contributed by atoms with E-state index in [0.29, 0.717) is 5.69 Å². The average molecular weight is 563 g/mol. The van der Waals surface area contributed by atoms with Crippen molar-refractivity contribution in [1.82, 2.24) is 9.97 Å². The van der Waals surface area contributed by atoms with E-state index in [-0.39, 0.29) is 22.4 Å². The first-order valence-corrected chi connectivity index (χ1v) is 12.7. The summed E-state index contributed by atoms with van der Waals surface area (Å²) in [5.74, 6) is 0. The number of alkyl halides is 6. The van der Waals surface area contributed by atoms with E-state index in [2.05, 4.69) is 4.98 Å². The van der Waals surface area contributed by atoms with Crippen molar-refractivity contribution >= 4 is 0 Å². The van der Waals surface area contributed by atoms with Gasteiger partial charge in [0.1, 0.15) is 0 Å². The average Bonchev–Trinajstić information content (AvgIpc) is 2.97. The molecule has 0 fully saturated rings. The molecule has 5 rings (SSSR count). The molecule has 5 aromatic rings. The molecule has 0 N–H and O–H groups in total. The minimum Gasteiger partial charge on any atom is -0.256 e. The summed E-state index contributed by atoms with van der Waals surface area (Å²) in [6.07, 6.45) is -7.63. The van der Waals surface area contributed by atoms with Gasteiger partial charge < -0.3 is 0 Å². The van der Waals surface area contributed by atoms with Crippen molar-refractivity contribution in [3.63, 3.8) is 0 Å². The highest BCUT2D eigenvalue weighted by atomic mass is 19.4. The molecule has 208 valence electrons. The van der Waals surface area contributed by atoms with Gasteiger partial charge in [-0.25, -0.2) is 0 Å². The minimum atomic E-state index is -4.71. The molecule has 0 atom stereocenters. The lowest BCUT2D eigenvalue weighted by Gasteiger charge is -2.26. The zero-order valence-electron chi connectivity index (χ0n) is 22.1. The third-order valence-corrected chi connectivity index (χ3v) is 7.01. The SMILES string of the molecule is CC(C)(c1cccc(-c2ccccn2)c1)c1cccc(-c2cc(-c3cccc(C(F)(F)F)c3)cc(C(F)(F)F)c2)n1. The van der Waals surface area contributed by atoms with Crippen LogP contribution < -0.4 is 0 Å². The predicted octanol–water partition coefficient (Wildman–Crippen LogP) is 9.84. The predicted molar refractivity (Wildman–Crippen MR) is 147 cm³/mol. The van der Waals surface area contributed by atoms with Crippen LogP contribution in [0.3, 0.4) is 0 Å². The maximum atomic E-state index is 13.9. The zero-order valence-corrected chi connectivity index (χ0v) is 22.1. The molecule has 41 heavy (non-hydrogen) atoms. The van der Waals surface area contributed by atoms with E-state index < -0.39 is 28.9 Å². The summed E-state index contributed by atoms with van der Waals surface area (Å²) in [6.45, 7) is 3.94. The second kappa shape index (κ2) is 10.5. The molecule has 2 heterocycles. The highest BCUT2D eigenvalue weighted by Crippen LogP contribution is 2.39. The fourth-order valence-electron chi connectivity index (χ4n) is 4.67. The first-order valence-electron chi connectivity index (χ1n) is 12.7. The normalized spacial score (nSPS) is 12.4. The Hall–Kier alpha value is -4.46. The van der Waals surface area contributed by atoms with E-state index in [0.717, 1.165) is 41.1 Å². The van der Waals surface area contributed by atoms with Crippen LogP contribution in [0.15, 0.2) is 109 Å². The quantitative estimate of drug-likeness (QED) is 0.199. The van der Waals surface area contributed by atoms with E-state index in [1.54, 1.807) is 24.4 Å². The third kappa shape index (κ3) is 6.01. The lowest BCUT2D eigenvalue weighted by molar-refractivity contribution is -0.138. The fraction of sp³-hybridized carbons (Fsp3) is 0.152. The van der Waals surface area contributed by atoms with Gasteiger partial charge in [0, 0.05) is 22.7 Å². The van der Waals surface area contributed by atoms with Crippen molar-refractivity contribution < 1.29 is 26.3 Å². The van der Waals surface area contributed by atoms with Crippen molar-refractivity contribution in [3.8, 4) is 33.6 Å². The van der Waals surface area contributed by atoms with Crippen molar-refractivity contribution in [2.75, 3.05) is 0 Å². The van der Waals surface area contributed by atoms with Crippen molar-refractivity contribution in [1.29, 1.82) is 0 Å². The molecule has 8 heteroatoms. The van der Waals surface area contributed by atoms with Gasteiger partial charge in [0.05, 0.1) is 28.2 Å².